The van der Waals surface area contributed by atoms with E-state index in [0.717, 1.165) is 24.6 Å². The summed E-state index contributed by atoms with van der Waals surface area (Å²) in [6, 6.07) is 6.13. The molecule has 4 heteroatoms. The van der Waals surface area contributed by atoms with Crippen LogP contribution in [0.1, 0.15) is 26.0 Å². The van der Waals surface area contributed by atoms with E-state index in [4.69, 9.17) is 4.98 Å². The SMILES string of the molecule is CNCc1c(N(C)CCC(C)C)nc2ccccn12. The largest absolute Gasteiger partial charge is 0.358 e. The van der Waals surface area contributed by atoms with E-state index in [1.807, 2.05) is 19.2 Å². The molecule has 0 spiro atoms. The number of hydrogen-bond acceptors (Lipinski definition) is 3. The zero-order valence-corrected chi connectivity index (χ0v) is 12.3. The highest BCUT2D eigenvalue weighted by atomic mass is 15.2. The molecule has 2 heterocycles. The van der Waals surface area contributed by atoms with Crippen molar-refractivity contribution >= 4 is 11.5 Å². The van der Waals surface area contributed by atoms with E-state index in [-0.39, 0.29) is 0 Å². The normalized spacial score (nSPS) is 11.4. The molecule has 4 nitrogen and oxygen atoms in total. The highest BCUT2D eigenvalue weighted by molar-refractivity contribution is 5.55. The van der Waals surface area contributed by atoms with Crippen LogP contribution in [0.3, 0.4) is 0 Å². The van der Waals surface area contributed by atoms with Crippen molar-refractivity contribution in [1.29, 1.82) is 0 Å². The van der Waals surface area contributed by atoms with Crippen LogP contribution in [0.15, 0.2) is 24.4 Å². The van der Waals surface area contributed by atoms with Crippen molar-refractivity contribution in [3.05, 3.63) is 30.1 Å². The van der Waals surface area contributed by atoms with Gasteiger partial charge in [0.05, 0.1) is 5.69 Å². The van der Waals surface area contributed by atoms with E-state index in [1.165, 1.54) is 12.1 Å². The first-order valence-corrected chi connectivity index (χ1v) is 6.95. The van der Waals surface area contributed by atoms with Gasteiger partial charge >= 0.3 is 0 Å². The van der Waals surface area contributed by atoms with Crippen LogP contribution >= 0.6 is 0 Å². The molecule has 0 aliphatic rings. The Hall–Kier alpha value is -1.55. The Labute approximate surface area is 115 Å². The third-order valence-electron chi connectivity index (χ3n) is 3.36. The van der Waals surface area contributed by atoms with Gasteiger partial charge in [0.1, 0.15) is 5.65 Å². The fourth-order valence-corrected chi connectivity index (χ4v) is 2.23. The molecular formula is C15H24N4. The number of fused-ring (bicyclic) bond motifs is 1. The second kappa shape index (κ2) is 6.06. The summed E-state index contributed by atoms with van der Waals surface area (Å²) < 4.78 is 2.16. The molecule has 2 rings (SSSR count). The summed E-state index contributed by atoms with van der Waals surface area (Å²) in [5.74, 6) is 1.80. The summed E-state index contributed by atoms with van der Waals surface area (Å²) in [4.78, 5) is 7.02. The Bertz CT molecular complexity index is 530. The average molecular weight is 260 g/mol. The van der Waals surface area contributed by atoms with Gasteiger partial charge in [-0.2, -0.15) is 0 Å². The predicted molar refractivity (Wildman–Crippen MR) is 80.7 cm³/mol. The second-order valence-corrected chi connectivity index (χ2v) is 5.45. The van der Waals surface area contributed by atoms with Gasteiger partial charge in [0.25, 0.3) is 0 Å². The summed E-state index contributed by atoms with van der Waals surface area (Å²) >= 11 is 0. The lowest BCUT2D eigenvalue weighted by Gasteiger charge is -2.19. The van der Waals surface area contributed by atoms with E-state index in [0.29, 0.717) is 5.92 Å². The molecule has 0 aromatic carbocycles. The number of hydrogen-bond donors (Lipinski definition) is 1. The van der Waals surface area contributed by atoms with E-state index < -0.39 is 0 Å². The number of pyridine rings is 1. The number of aromatic nitrogens is 2. The molecule has 0 fully saturated rings. The highest BCUT2D eigenvalue weighted by Gasteiger charge is 2.14. The molecular weight excluding hydrogens is 236 g/mol. The average Bonchev–Trinajstić information content (AvgIpc) is 2.76. The Balaban J connectivity index is 2.32. The molecule has 0 unspecified atom stereocenters. The number of anilines is 1. The Morgan fingerprint density at radius 1 is 1.37 bits per heavy atom. The molecule has 2 aromatic rings. The molecule has 1 N–H and O–H groups in total. The van der Waals surface area contributed by atoms with Crippen LogP contribution in [0.25, 0.3) is 5.65 Å². The van der Waals surface area contributed by atoms with Crippen LogP contribution < -0.4 is 10.2 Å². The lowest BCUT2D eigenvalue weighted by Crippen LogP contribution is -2.22. The van der Waals surface area contributed by atoms with Gasteiger partial charge in [0, 0.05) is 26.3 Å². The summed E-state index contributed by atoms with van der Waals surface area (Å²) in [5, 5.41) is 3.23. The second-order valence-electron chi connectivity index (χ2n) is 5.45. The Morgan fingerprint density at radius 3 is 2.84 bits per heavy atom. The lowest BCUT2D eigenvalue weighted by atomic mass is 10.1. The zero-order chi connectivity index (χ0) is 13.8. The molecule has 0 aliphatic carbocycles. The molecule has 0 saturated carbocycles. The van der Waals surface area contributed by atoms with Crippen molar-refractivity contribution in [2.75, 3.05) is 25.5 Å². The van der Waals surface area contributed by atoms with Crippen molar-refractivity contribution < 1.29 is 0 Å². The van der Waals surface area contributed by atoms with Gasteiger partial charge in [0.15, 0.2) is 5.82 Å². The van der Waals surface area contributed by atoms with Crippen molar-refractivity contribution in [2.45, 2.75) is 26.8 Å². The van der Waals surface area contributed by atoms with Gasteiger partial charge in [-0.05, 0) is 31.5 Å². The molecule has 19 heavy (non-hydrogen) atoms. The third kappa shape index (κ3) is 3.07. The van der Waals surface area contributed by atoms with Crippen molar-refractivity contribution in [3.63, 3.8) is 0 Å². The van der Waals surface area contributed by atoms with Crippen LogP contribution in [0, 0.1) is 5.92 Å². The molecule has 0 bridgehead atoms. The minimum absolute atomic E-state index is 0.715. The molecule has 0 atom stereocenters. The topological polar surface area (TPSA) is 32.6 Å². The van der Waals surface area contributed by atoms with Crippen LogP contribution in [-0.4, -0.2) is 30.0 Å². The Kier molecular flexibility index (Phi) is 4.43. The monoisotopic (exact) mass is 260 g/mol. The molecule has 2 aromatic heterocycles. The highest BCUT2D eigenvalue weighted by Crippen LogP contribution is 2.21. The predicted octanol–water partition coefficient (Wildman–Crippen LogP) is 2.54. The summed E-state index contributed by atoms with van der Waals surface area (Å²) in [6.45, 7) is 6.38. The van der Waals surface area contributed by atoms with E-state index >= 15 is 0 Å². The number of imidazole rings is 1. The minimum atomic E-state index is 0.715. The maximum Gasteiger partial charge on any atom is 0.152 e. The third-order valence-corrected chi connectivity index (χ3v) is 3.36. The zero-order valence-electron chi connectivity index (χ0n) is 12.3. The van der Waals surface area contributed by atoms with Crippen molar-refractivity contribution in [1.82, 2.24) is 14.7 Å². The number of nitrogens with zero attached hydrogens (tertiary/aromatic N) is 3. The van der Waals surface area contributed by atoms with Gasteiger partial charge in [-0.15, -0.1) is 0 Å². The van der Waals surface area contributed by atoms with Crippen LogP contribution in [-0.2, 0) is 6.54 Å². The van der Waals surface area contributed by atoms with Crippen molar-refractivity contribution in [3.8, 4) is 0 Å². The van der Waals surface area contributed by atoms with Crippen LogP contribution in [0.2, 0.25) is 0 Å². The van der Waals surface area contributed by atoms with E-state index in [1.54, 1.807) is 0 Å². The number of rotatable bonds is 6. The fourth-order valence-electron chi connectivity index (χ4n) is 2.23. The first kappa shape index (κ1) is 13.9. The van der Waals surface area contributed by atoms with Gasteiger partial charge < -0.3 is 14.6 Å². The maximum atomic E-state index is 4.76. The quantitative estimate of drug-likeness (QED) is 0.866. The summed E-state index contributed by atoms with van der Waals surface area (Å²) in [5.41, 5.74) is 2.24. The van der Waals surface area contributed by atoms with E-state index in [9.17, 15) is 0 Å². The maximum absolute atomic E-state index is 4.76. The van der Waals surface area contributed by atoms with Crippen molar-refractivity contribution in [2.24, 2.45) is 5.92 Å². The first-order chi connectivity index (χ1) is 9.13. The first-order valence-electron chi connectivity index (χ1n) is 6.95. The summed E-state index contributed by atoms with van der Waals surface area (Å²) in [6.07, 6.45) is 3.26. The molecule has 104 valence electrons. The van der Waals surface area contributed by atoms with Gasteiger partial charge in [-0.25, -0.2) is 4.98 Å². The van der Waals surface area contributed by atoms with Crippen LogP contribution in [0.4, 0.5) is 5.82 Å². The standard InChI is InChI=1S/C15H24N4/c1-12(2)8-10-18(4)15-13(11-16-3)19-9-6-5-7-14(19)17-15/h5-7,9,12,16H,8,10-11H2,1-4H3. The number of nitrogens with one attached hydrogen (secondary N) is 1. The molecule has 0 amide bonds. The van der Waals surface area contributed by atoms with Gasteiger partial charge in [0.2, 0.25) is 0 Å². The van der Waals surface area contributed by atoms with Crippen LogP contribution in [0.5, 0.6) is 0 Å². The van der Waals surface area contributed by atoms with Gasteiger partial charge in [-0.1, -0.05) is 19.9 Å². The van der Waals surface area contributed by atoms with Gasteiger partial charge in [-0.3, -0.25) is 0 Å². The smallest absolute Gasteiger partial charge is 0.152 e. The summed E-state index contributed by atoms with van der Waals surface area (Å²) in [7, 11) is 4.10. The minimum Gasteiger partial charge on any atom is -0.358 e. The lowest BCUT2D eigenvalue weighted by molar-refractivity contribution is 0.583. The van der Waals surface area contributed by atoms with E-state index in [2.05, 4.69) is 47.8 Å². The fraction of sp³-hybridized carbons (Fsp3) is 0.533. The molecule has 0 saturated heterocycles. The Morgan fingerprint density at radius 2 is 2.16 bits per heavy atom. The molecule has 0 aliphatic heterocycles. The molecule has 0 radical (unpaired) electrons.